The number of nitrogens with one attached hydrogen (secondary N) is 1. The molecule has 0 saturated heterocycles. The number of carbonyl (C=O) groups excluding carboxylic acids is 1. The summed E-state index contributed by atoms with van der Waals surface area (Å²) >= 11 is 0. The summed E-state index contributed by atoms with van der Waals surface area (Å²) in [5, 5.41) is 2.98. The van der Waals surface area contributed by atoms with Crippen molar-refractivity contribution < 1.29 is 9.18 Å². The normalized spacial score (nSPS) is 10.8. The molecule has 0 saturated carbocycles. The third kappa shape index (κ3) is 3.30. The molecule has 21 heavy (non-hydrogen) atoms. The van der Waals surface area contributed by atoms with Crippen LogP contribution in [0.15, 0.2) is 36.4 Å². The van der Waals surface area contributed by atoms with Gasteiger partial charge in [-0.2, -0.15) is 0 Å². The fourth-order valence-electron chi connectivity index (χ4n) is 2.41. The van der Waals surface area contributed by atoms with E-state index in [2.05, 4.69) is 19.2 Å². The standard InChI is InChI=1S/C18H20FNO/c1-11(2)15-7-5-6-12(3)17(15)20-18(21)16-9-8-14(19)10-13(16)4/h5-11H,1-4H3,(H,20,21). The second kappa shape index (κ2) is 6.08. The lowest BCUT2D eigenvalue weighted by Gasteiger charge is -2.17. The zero-order valence-corrected chi connectivity index (χ0v) is 12.8. The first-order chi connectivity index (χ1) is 9.90. The lowest BCUT2D eigenvalue weighted by molar-refractivity contribution is 0.102. The predicted octanol–water partition coefficient (Wildman–Crippen LogP) is 4.82. The second-order valence-corrected chi connectivity index (χ2v) is 5.61. The van der Waals surface area contributed by atoms with Gasteiger partial charge in [0, 0.05) is 11.3 Å². The molecule has 3 heteroatoms. The van der Waals surface area contributed by atoms with Gasteiger partial charge in [-0.3, -0.25) is 4.79 Å². The number of benzene rings is 2. The zero-order chi connectivity index (χ0) is 15.6. The summed E-state index contributed by atoms with van der Waals surface area (Å²) in [6.07, 6.45) is 0. The highest BCUT2D eigenvalue weighted by molar-refractivity contribution is 6.06. The average molecular weight is 285 g/mol. The van der Waals surface area contributed by atoms with Crippen LogP contribution in [0.3, 0.4) is 0 Å². The van der Waals surface area contributed by atoms with E-state index in [9.17, 15) is 9.18 Å². The van der Waals surface area contributed by atoms with Crippen molar-refractivity contribution >= 4 is 11.6 Å². The first-order valence-corrected chi connectivity index (χ1v) is 7.07. The van der Waals surface area contributed by atoms with Crippen LogP contribution in [0.2, 0.25) is 0 Å². The first kappa shape index (κ1) is 15.2. The van der Waals surface area contributed by atoms with Crippen molar-refractivity contribution in [2.45, 2.75) is 33.6 Å². The largest absolute Gasteiger partial charge is 0.321 e. The van der Waals surface area contributed by atoms with Crippen LogP contribution in [0.5, 0.6) is 0 Å². The van der Waals surface area contributed by atoms with Gasteiger partial charge in [-0.1, -0.05) is 32.0 Å². The van der Waals surface area contributed by atoms with Gasteiger partial charge in [0.1, 0.15) is 5.82 Å². The van der Waals surface area contributed by atoms with Crippen molar-refractivity contribution in [1.82, 2.24) is 0 Å². The summed E-state index contributed by atoms with van der Waals surface area (Å²) in [4.78, 5) is 12.4. The van der Waals surface area contributed by atoms with Gasteiger partial charge in [0.2, 0.25) is 0 Å². The number of hydrogen-bond donors (Lipinski definition) is 1. The maximum absolute atomic E-state index is 13.1. The number of amides is 1. The molecule has 0 aliphatic heterocycles. The third-order valence-corrected chi connectivity index (χ3v) is 3.60. The predicted molar refractivity (Wildman–Crippen MR) is 84.4 cm³/mol. The van der Waals surface area contributed by atoms with Gasteiger partial charge in [0.05, 0.1) is 0 Å². The zero-order valence-electron chi connectivity index (χ0n) is 12.8. The van der Waals surface area contributed by atoms with Crippen molar-refractivity contribution in [1.29, 1.82) is 0 Å². The molecule has 0 aliphatic carbocycles. The maximum atomic E-state index is 13.1. The molecule has 2 rings (SSSR count). The number of halogens is 1. The molecule has 2 aromatic carbocycles. The third-order valence-electron chi connectivity index (χ3n) is 3.60. The van der Waals surface area contributed by atoms with Crippen LogP contribution in [0.4, 0.5) is 10.1 Å². The Morgan fingerprint density at radius 2 is 1.81 bits per heavy atom. The number of carbonyl (C=O) groups is 1. The van der Waals surface area contributed by atoms with Crippen molar-refractivity contribution in [3.8, 4) is 0 Å². The average Bonchev–Trinajstić information content (AvgIpc) is 2.40. The number of rotatable bonds is 3. The molecule has 2 nitrogen and oxygen atoms in total. The van der Waals surface area contributed by atoms with Crippen molar-refractivity contribution in [3.63, 3.8) is 0 Å². The number of para-hydroxylation sites is 1. The Bertz CT molecular complexity index is 677. The quantitative estimate of drug-likeness (QED) is 0.860. The molecule has 110 valence electrons. The molecular formula is C18H20FNO. The van der Waals surface area contributed by atoms with Crippen molar-refractivity contribution in [2.75, 3.05) is 5.32 Å². The van der Waals surface area contributed by atoms with Gasteiger partial charge in [-0.25, -0.2) is 4.39 Å². The fraction of sp³-hybridized carbons (Fsp3) is 0.278. The summed E-state index contributed by atoms with van der Waals surface area (Å²) in [5.74, 6) is -0.221. The highest BCUT2D eigenvalue weighted by Crippen LogP contribution is 2.28. The van der Waals surface area contributed by atoms with Gasteiger partial charge in [0.25, 0.3) is 5.91 Å². The second-order valence-electron chi connectivity index (χ2n) is 5.61. The van der Waals surface area contributed by atoms with E-state index in [0.29, 0.717) is 17.0 Å². The minimum atomic E-state index is -0.331. The van der Waals surface area contributed by atoms with Crippen LogP contribution in [-0.4, -0.2) is 5.91 Å². The van der Waals surface area contributed by atoms with E-state index in [4.69, 9.17) is 0 Å². The Hall–Kier alpha value is -2.16. The summed E-state index contributed by atoms with van der Waals surface area (Å²) in [6, 6.07) is 10.2. The SMILES string of the molecule is Cc1cc(F)ccc1C(=O)Nc1c(C)cccc1C(C)C. The van der Waals surface area contributed by atoms with E-state index in [-0.39, 0.29) is 11.7 Å². The molecule has 0 unspecified atom stereocenters. The smallest absolute Gasteiger partial charge is 0.255 e. The Morgan fingerprint density at radius 3 is 2.43 bits per heavy atom. The molecule has 0 spiro atoms. The Morgan fingerprint density at radius 1 is 1.10 bits per heavy atom. The Balaban J connectivity index is 2.36. The van der Waals surface area contributed by atoms with Crippen molar-refractivity contribution in [3.05, 3.63) is 64.5 Å². The minimum absolute atomic E-state index is 0.205. The monoisotopic (exact) mass is 285 g/mol. The fourth-order valence-corrected chi connectivity index (χ4v) is 2.41. The van der Waals surface area contributed by atoms with E-state index in [1.165, 1.54) is 18.2 Å². The molecule has 2 aromatic rings. The molecule has 1 N–H and O–H groups in total. The van der Waals surface area contributed by atoms with Crippen LogP contribution in [0.1, 0.15) is 46.8 Å². The Labute approximate surface area is 125 Å². The van der Waals surface area contributed by atoms with E-state index in [1.807, 2.05) is 25.1 Å². The lowest BCUT2D eigenvalue weighted by Crippen LogP contribution is -2.16. The molecular weight excluding hydrogens is 265 g/mol. The van der Waals surface area contributed by atoms with Gasteiger partial charge in [0.15, 0.2) is 0 Å². The summed E-state index contributed by atoms with van der Waals surface area (Å²) in [7, 11) is 0. The Kier molecular flexibility index (Phi) is 4.41. The first-order valence-electron chi connectivity index (χ1n) is 7.07. The van der Waals surface area contributed by atoms with Crippen molar-refractivity contribution in [2.24, 2.45) is 0 Å². The van der Waals surface area contributed by atoms with Gasteiger partial charge in [-0.05, 0) is 54.7 Å². The molecule has 0 bridgehead atoms. The van der Waals surface area contributed by atoms with E-state index in [0.717, 1.165) is 16.8 Å². The number of hydrogen-bond acceptors (Lipinski definition) is 1. The molecule has 0 fully saturated rings. The van der Waals surface area contributed by atoms with E-state index >= 15 is 0 Å². The minimum Gasteiger partial charge on any atom is -0.321 e. The number of anilines is 1. The molecule has 0 heterocycles. The topological polar surface area (TPSA) is 29.1 Å². The molecule has 0 aromatic heterocycles. The van der Waals surface area contributed by atoms with Gasteiger partial charge < -0.3 is 5.32 Å². The highest BCUT2D eigenvalue weighted by Gasteiger charge is 2.15. The summed E-state index contributed by atoms with van der Waals surface area (Å²) < 4.78 is 13.1. The summed E-state index contributed by atoms with van der Waals surface area (Å²) in [6.45, 7) is 7.89. The van der Waals surface area contributed by atoms with Gasteiger partial charge in [-0.15, -0.1) is 0 Å². The summed E-state index contributed by atoms with van der Waals surface area (Å²) in [5.41, 5.74) is 4.10. The molecule has 0 radical (unpaired) electrons. The van der Waals surface area contributed by atoms with Crippen LogP contribution in [-0.2, 0) is 0 Å². The molecule has 0 aliphatic rings. The van der Waals surface area contributed by atoms with Crippen LogP contribution >= 0.6 is 0 Å². The highest BCUT2D eigenvalue weighted by atomic mass is 19.1. The van der Waals surface area contributed by atoms with Crippen LogP contribution in [0.25, 0.3) is 0 Å². The molecule has 1 amide bonds. The van der Waals surface area contributed by atoms with E-state index in [1.54, 1.807) is 6.92 Å². The maximum Gasteiger partial charge on any atom is 0.255 e. The van der Waals surface area contributed by atoms with E-state index < -0.39 is 0 Å². The number of aryl methyl sites for hydroxylation is 2. The lowest BCUT2D eigenvalue weighted by atomic mass is 9.97. The molecule has 0 atom stereocenters. The van der Waals surface area contributed by atoms with Crippen LogP contribution in [0, 0.1) is 19.7 Å². The van der Waals surface area contributed by atoms with Crippen LogP contribution < -0.4 is 5.32 Å². The van der Waals surface area contributed by atoms with Gasteiger partial charge >= 0.3 is 0 Å².